The van der Waals surface area contributed by atoms with Crippen molar-refractivity contribution in [2.75, 3.05) is 18.5 Å². The Morgan fingerprint density at radius 1 is 1.19 bits per heavy atom. The number of carbonyl (C=O) groups is 1. The van der Waals surface area contributed by atoms with Gasteiger partial charge < -0.3 is 15.4 Å². The van der Waals surface area contributed by atoms with Crippen molar-refractivity contribution in [2.24, 2.45) is 0 Å². The molecule has 2 N–H and O–H groups in total. The average molecular weight is 349 g/mol. The van der Waals surface area contributed by atoms with E-state index in [1.165, 1.54) is 0 Å². The van der Waals surface area contributed by atoms with Crippen LogP contribution in [-0.2, 0) is 0 Å². The van der Waals surface area contributed by atoms with Crippen LogP contribution in [0.5, 0.6) is 5.75 Å². The molecule has 0 saturated carbocycles. The van der Waals surface area contributed by atoms with Gasteiger partial charge >= 0.3 is 6.03 Å². The number of nitrogens with one attached hydrogen (secondary N) is 2. The second kappa shape index (κ2) is 7.69. The van der Waals surface area contributed by atoms with Crippen LogP contribution in [0.25, 0.3) is 0 Å². The summed E-state index contributed by atoms with van der Waals surface area (Å²) in [7, 11) is 0. The molecule has 110 valence electrons. The summed E-state index contributed by atoms with van der Waals surface area (Å²) in [6.07, 6.45) is 0. The van der Waals surface area contributed by atoms with Crippen LogP contribution in [0.15, 0.2) is 53.0 Å². The number of amides is 2. The monoisotopic (exact) mass is 348 g/mol. The molecule has 0 aliphatic carbocycles. The number of hydrogen-bond donors (Lipinski definition) is 2. The van der Waals surface area contributed by atoms with Crippen LogP contribution in [-0.4, -0.2) is 19.2 Å². The first kappa shape index (κ1) is 15.4. The molecule has 0 aliphatic heterocycles. The van der Waals surface area contributed by atoms with Crippen LogP contribution < -0.4 is 15.4 Å². The first-order chi connectivity index (χ1) is 10.1. The van der Waals surface area contributed by atoms with Gasteiger partial charge in [-0.3, -0.25) is 0 Å². The predicted octanol–water partition coefficient (Wildman–Crippen LogP) is 3.96. The number of carbonyl (C=O) groups excluding carboxylic acids is 1. The first-order valence-corrected chi connectivity index (χ1v) is 7.43. The van der Waals surface area contributed by atoms with Gasteiger partial charge in [-0.1, -0.05) is 34.1 Å². The zero-order valence-corrected chi connectivity index (χ0v) is 13.3. The van der Waals surface area contributed by atoms with Crippen molar-refractivity contribution in [1.29, 1.82) is 0 Å². The molecule has 0 fully saturated rings. The van der Waals surface area contributed by atoms with Gasteiger partial charge in [-0.25, -0.2) is 4.79 Å². The molecule has 2 rings (SSSR count). The highest BCUT2D eigenvalue weighted by molar-refractivity contribution is 9.10. The third kappa shape index (κ3) is 5.11. The molecule has 2 aromatic carbocycles. The average Bonchev–Trinajstić information content (AvgIpc) is 2.49. The second-order valence-corrected chi connectivity index (χ2v) is 5.36. The van der Waals surface area contributed by atoms with Crippen molar-refractivity contribution in [1.82, 2.24) is 5.32 Å². The zero-order chi connectivity index (χ0) is 15.1. The van der Waals surface area contributed by atoms with E-state index in [4.69, 9.17) is 4.74 Å². The lowest BCUT2D eigenvalue weighted by Gasteiger charge is -2.10. The third-order valence-corrected chi connectivity index (χ3v) is 3.71. The van der Waals surface area contributed by atoms with Crippen molar-refractivity contribution in [3.8, 4) is 5.75 Å². The van der Waals surface area contributed by atoms with Crippen LogP contribution in [0, 0.1) is 6.92 Å². The summed E-state index contributed by atoms with van der Waals surface area (Å²) in [6, 6.07) is 14.9. The van der Waals surface area contributed by atoms with E-state index in [2.05, 4.69) is 26.6 Å². The maximum atomic E-state index is 11.7. The number of halogens is 1. The minimum absolute atomic E-state index is 0.242. The molecular formula is C16H17BrN2O2. The molecule has 0 aromatic heterocycles. The van der Waals surface area contributed by atoms with Crippen molar-refractivity contribution < 1.29 is 9.53 Å². The van der Waals surface area contributed by atoms with Crippen LogP contribution in [0.2, 0.25) is 0 Å². The number of anilines is 1. The van der Waals surface area contributed by atoms with Crippen LogP contribution in [0.1, 0.15) is 5.56 Å². The fraction of sp³-hybridized carbons (Fsp3) is 0.188. The van der Waals surface area contributed by atoms with E-state index < -0.39 is 0 Å². The van der Waals surface area contributed by atoms with Gasteiger partial charge in [-0.2, -0.15) is 0 Å². The molecular weight excluding hydrogens is 332 g/mol. The van der Waals surface area contributed by atoms with Gasteiger partial charge in [-0.05, 0) is 42.8 Å². The van der Waals surface area contributed by atoms with Crippen molar-refractivity contribution in [2.45, 2.75) is 6.92 Å². The zero-order valence-electron chi connectivity index (χ0n) is 11.7. The lowest BCUT2D eigenvalue weighted by molar-refractivity contribution is 0.247. The van der Waals surface area contributed by atoms with E-state index in [-0.39, 0.29) is 6.03 Å². The molecule has 0 aliphatic rings. The lowest BCUT2D eigenvalue weighted by Crippen LogP contribution is -2.32. The standard InChI is InChI=1S/C16H17BrN2O2/c1-12-11-13(7-8-15(12)17)19-16(20)18-9-10-21-14-5-3-2-4-6-14/h2-8,11H,9-10H2,1H3,(H2,18,19,20). The molecule has 0 bridgehead atoms. The summed E-state index contributed by atoms with van der Waals surface area (Å²) < 4.78 is 6.51. The number of aryl methyl sites for hydroxylation is 1. The van der Waals surface area contributed by atoms with E-state index in [9.17, 15) is 4.79 Å². The summed E-state index contributed by atoms with van der Waals surface area (Å²) in [5, 5.41) is 5.53. The summed E-state index contributed by atoms with van der Waals surface area (Å²) >= 11 is 3.42. The highest BCUT2D eigenvalue weighted by Gasteiger charge is 2.02. The normalized spacial score (nSPS) is 10.0. The maximum absolute atomic E-state index is 11.7. The lowest BCUT2D eigenvalue weighted by atomic mass is 10.2. The molecule has 0 atom stereocenters. The Labute approximate surface area is 132 Å². The quantitative estimate of drug-likeness (QED) is 0.803. The van der Waals surface area contributed by atoms with Crippen LogP contribution in [0.4, 0.5) is 10.5 Å². The Hall–Kier alpha value is -2.01. The molecule has 0 heterocycles. The first-order valence-electron chi connectivity index (χ1n) is 6.64. The number of para-hydroxylation sites is 1. The highest BCUT2D eigenvalue weighted by atomic mass is 79.9. The SMILES string of the molecule is Cc1cc(NC(=O)NCCOc2ccccc2)ccc1Br. The van der Waals surface area contributed by atoms with E-state index in [1.807, 2.05) is 55.5 Å². The molecule has 2 amide bonds. The minimum Gasteiger partial charge on any atom is -0.492 e. The van der Waals surface area contributed by atoms with E-state index >= 15 is 0 Å². The predicted molar refractivity (Wildman–Crippen MR) is 87.8 cm³/mol. The molecule has 0 saturated heterocycles. The Kier molecular flexibility index (Phi) is 5.63. The fourth-order valence-electron chi connectivity index (χ4n) is 1.75. The van der Waals surface area contributed by atoms with Gasteiger partial charge in [0.25, 0.3) is 0 Å². The largest absolute Gasteiger partial charge is 0.492 e. The van der Waals surface area contributed by atoms with Gasteiger partial charge in [0.15, 0.2) is 0 Å². The topological polar surface area (TPSA) is 50.4 Å². The molecule has 5 heteroatoms. The number of hydrogen-bond acceptors (Lipinski definition) is 2. The number of ether oxygens (including phenoxy) is 1. The Morgan fingerprint density at radius 3 is 2.67 bits per heavy atom. The van der Waals surface area contributed by atoms with Crippen molar-refractivity contribution >= 4 is 27.6 Å². The van der Waals surface area contributed by atoms with Crippen molar-refractivity contribution in [3.63, 3.8) is 0 Å². The Balaban J connectivity index is 1.71. The van der Waals surface area contributed by atoms with E-state index in [0.29, 0.717) is 13.2 Å². The van der Waals surface area contributed by atoms with Gasteiger partial charge in [0.2, 0.25) is 0 Å². The molecule has 0 spiro atoms. The van der Waals surface area contributed by atoms with Crippen LogP contribution >= 0.6 is 15.9 Å². The molecule has 2 aromatic rings. The fourth-order valence-corrected chi connectivity index (χ4v) is 1.99. The second-order valence-electron chi connectivity index (χ2n) is 4.51. The highest BCUT2D eigenvalue weighted by Crippen LogP contribution is 2.19. The molecule has 0 unspecified atom stereocenters. The van der Waals surface area contributed by atoms with Crippen LogP contribution in [0.3, 0.4) is 0 Å². The van der Waals surface area contributed by atoms with Gasteiger partial charge in [-0.15, -0.1) is 0 Å². The molecule has 4 nitrogen and oxygen atoms in total. The Morgan fingerprint density at radius 2 is 1.95 bits per heavy atom. The maximum Gasteiger partial charge on any atom is 0.319 e. The third-order valence-electron chi connectivity index (χ3n) is 2.82. The van der Waals surface area contributed by atoms with E-state index in [0.717, 1.165) is 21.5 Å². The van der Waals surface area contributed by atoms with Crippen molar-refractivity contribution in [3.05, 3.63) is 58.6 Å². The number of rotatable bonds is 5. The van der Waals surface area contributed by atoms with Gasteiger partial charge in [0.05, 0.1) is 6.54 Å². The Bertz CT molecular complexity index is 602. The number of benzene rings is 2. The molecule has 21 heavy (non-hydrogen) atoms. The summed E-state index contributed by atoms with van der Waals surface area (Å²) in [5.74, 6) is 0.795. The minimum atomic E-state index is -0.242. The van der Waals surface area contributed by atoms with E-state index in [1.54, 1.807) is 0 Å². The summed E-state index contributed by atoms with van der Waals surface area (Å²) in [4.78, 5) is 11.7. The smallest absolute Gasteiger partial charge is 0.319 e. The van der Waals surface area contributed by atoms with Gasteiger partial charge in [0, 0.05) is 10.2 Å². The van der Waals surface area contributed by atoms with Gasteiger partial charge in [0.1, 0.15) is 12.4 Å². The summed E-state index contributed by atoms with van der Waals surface area (Å²) in [6.45, 7) is 2.84. The number of urea groups is 1. The molecule has 0 radical (unpaired) electrons. The summed E-state index contributed by atoms with van der Waals surface area (Å²) in [5.41, 5.74) is 1.83.